The Kier molecular flexibility index (Phi) is 5.86. The van der Waals surface area contributed by atoms with Crippen LogP contribution in [0.3, 0.4) is 0 Å². The molecule has 0 spiro atoms. The minimum atomic E-state index is 0.0268. The van der Waals surface area contributed by atoms with Crippen molar-refractivity contribution in [2.75, 3.05) is 13.1 Å². The predicted molar refractivity (Wildman–Crippen MR) is 75.1 cm³/mol. The highest BCUT2D eigenvalue weighted by molar-refractivity contribution is 5.78. The fourth-order valence-electron chi connectivity index (χ4n) is 1.83. The smallest absolute Gasteiger partial charge is 0.236 e. The van der Waals surface area contributed by atoms with Crippen molar-refractivity contribution in [2.45, 2.75) is 33.7 Å². The first kappa shape index (κ1) is 14.7. The molecule has 1 amide bonds. The van der Waals surface area contributed by atoms with Gasteiger partial charge in [-0.15, -0.1) is 0 Å². The molecule has 3 nitrogen and oxygen atoms in total. The molecule has 0 unspecified atom stereocenters. The van der Waals surface area contributed by atoms with Crippen LogP contribution in [0.15, 0.2) is 24.3 Å². The number of carbonyl (C=O) groups is 1. The van der Waals surface area contributed by atoms with Gasteiger partial charge in [0.1, 0.15) is 0 Å². The van der Waals surface area contributed by atoms with E-state index < -0.39 is 0 Å². The summed E-state index contributed by atoms with van der Waals surface area (Å²) in [6.07, 6.45) is 1.01. The average Bonchev–Trinajstić information content (AvgIpc) is 2.35. The third kappa shape index (κ3) is 4.49. The van der Waals surface area contributed by atoms with Gasteiger partial charge in [0, 0.05) is 13.1 Å². The van der Waals surface area contributed by atoms with E-state index in [4.69, 9.17) is 5.73 Å². The van der Waals surface area contributed by atoms with Crippen LogP contribution in [0.5, 0.6) is 0 Å². The Balaban J connectivity index is 2.72. The van der Waals surface area contributed by atoms with Crippen molar-refractivity contribution in [2.24, 2.45) is 11.7 Å². The van der Waals surface area contributed by atoms with Crippen molar-refractivity contribution < 1.29 is 4.79 Å². The number of nitrogens with two attached hydrogens (primary N) is 1. The van der Waals surface area contributed by atoms with Crippen molar-refractivity contribution in [3.8, 4) is 0 Å². The third-order valence-corrected chi connectivity index (χ3v) is 3.13. The Labute approximate surface area is 110 Å². The Morgan fingerprint density at radius 3 is 2.56 bits per heavy atom. The van der Waals surface area contributed by atoms with Gasteiger partial charge in [-0.25, -0.2) is 0 Å². The molecular weight excluding hydrogens is 224 g/mol. The number of aryl methyl sites for hydroxylation is 1. The monoisotopic (exact) mass is 248 g/mol. The number of hydrogen-bond acceptors (Lipinski definition) is 2. The van der Waals surface area contributed by atoms with Gasteiger partial charge in [0.2, 0.25) is 5.91 Å². The average molecular weight is 248 g/mol. The molecule has 0 aliphatic rings. The van der Waals surface area contributed by atoms with E-state index in [0.29, 0.717) is 12.5 Å². The lowest BCUT2D eigenvalue weighted by molar-refractivity contribution is -0.130. The number of carbonyl (C=O) groups excluding carboxylic acids is 1. The standard InChI is InChI=1S/C15H24N2O/c1-12(2)8-9-17(15(18)10-16)11-14-7-5-4-6-13(14)3/h4-7,12H,8-11,16H2,1-3H3. The second-order valence-electron chi connectivity index (χ2n) is 5.13. The minimum Gasteiger partial charge on any atom is -0.337 e. The van der Waals surface area contributed by atoms with Crippen molar-refractivity contribution in [1.29, 1.82) is 0 Å². The first-order chi connectivity index (χ1) is 8.54. The van der Waals surface area contributed by atoms with Crippen molar-refractivity contribution in [3.05, 3.63) is 35.4 Å². The second kappa shape index (κ2) is 7.17. The van der Waals surface area contributed by atoms with Gasteiger partial charge in [-0.3, -0.25) is 4.79 Å². The van der Waals surface area contributed by atoms with E-state index in [0.717, 1.165) is 13.0 Å². The van der Waals surface area contributed by atoms with E-state index in [9.17, 15) is 4.79 Å². The van der Waals surface area contributed by atoms with Gasteiger partial charge in [0.15, 0.2) is 0 Å². The third-order valence-electron chi connectivity index (χ3n) is 3.13. The van der Waals surface area contributed by atoms with Gasteiger partial charge in [0.25, 0.3) is 0 Å². The highest BCUT2D eigenvalue weighted by atomic mass is 16.2. The first-order valence-electron chi connectivity index (χ1n) is 6.57. The largest absolute Gasteiger partial charge is 0.337 e. The van der Waals surface area contributed by atoms with Crippen LogP contribution in [0, 0.1) is 12.8 Å². The van der Waals surface area contributed by atoms with Gasteiger partial charge in [-0.2, -0.15) is 0 Å². The molecule has 0 saturated carbocycles. The maximum atomic E-state index is 11.8. The molecule has 0 bridgehead atoms. The number of benzene rings is 1. The summed E-state index contributed by atoms with van der Waals surface area (Å²) in [4.78, 5) is 13.7. The molecule has 1 aromatic carbocycles. The van der Waals surface area contributed by atoms with E-state index in [1.54, 1.807) is 0 Å². The van der Waals surface area contributed by atoms with Crippen LogP contribution in [-0.4, -0.2) is 23.9 Å². The van der Waals surface area contributed by atoms with Gasteiger partial charge in [0.05, 0.1) is 6.54 Å². The van der Waals surface area contributed by atoms with Crippen molar-refractivity contribution in [1.82, 2.24) is 4.90 Å². The van der Waals surface area contributed by atoms with E-state index in [2.05, 4.69) is 32.9 Å². The molecule has 1 aromatic rings. The van der Waals surface area contributed by atoms with Crippen LogP contribution < -0.4 is 5.73 Å². The zero-order valence-electron chi connectivity index (χ0n) is 11.6. The number of amides is 1. The SMILES string of the molecule is Cc1ccccc1CN(CCC(C)C)C(=O)CN. The highest BCUT2D eigenvalue weighted by Gasteiger charge is 2.13. The molecule has 0 aromatic heterocycles. The second-order valence-corrected chi connectivity index (χ2v) is 5.13. The number of rotatable bonds is 6. The van der Waals surface area contributed by atoms with Crippen molar-refractivity contribution in [3.63, 3.8) is 0 Å². The molecular formula is C15H24N2O. The number of nitrogens with zero attached hydrogens (tertiary/aromatic N) is 1. The molecule has 0 heterocycles. The molecule has 0 atom stereocenters. The highest BCUT2D eigenvalue weighted by Crippen LogP contribution is 2.12. The summed E-state index contributed by atoms with van der Waals surface area (Å²) in [7, 11) is 0. The Morgan fingerprint density at radius 2 is 2.00 bits per heavy atom. The van der Waals surface area contributed by atoms with E-state index >= 15 is 0 Å². The number of hydrogen-bond donors (Lipinski definition) is 1. The molecule has 1 rings (SSSR count). The minimum absolute atomic E-state index is 0.0268. The summed E-state index contributed by atoms with van der Waals surface area (Å²) in [5, 5.41) is 0. The van der Waals surface area contributed by atoms with E-state index in [-0.39, 0.29) is 12.5 Å². The van der Waals surface area contributed by atoms with Gasteiger partial charge < -0.3 is 10.6 Å². The van der Waals surface area contributed by atoms with Crippen LogP contribution in [0.2, 0.25) is 0 Å². The summed E-state index contributed by atoms with van der Waals surface area (Å²) in [6.45, 7) is 7.93. The normalized spacial score (nSPS) is 10.7. The van der Waals surface area contributed by atoms with Crippen LogP contribution in [0.1, 0.15) is 31.4 Å². The molecule has 3 heteroatoms. The molecule has 0 fully saturated rings. The quantitative estimate of drug-likeness (QED) is 0.840. The molecule has 2 N–H and O–H groups in total. The van der Waals surface area contributed by atoms with E-state index in [1.165, 1.54) is 11.1 Å². The lowest BCUT2D eigenvalue weighted by Gasteiger charge is -2.24. The Bertz CT molecular complexity index is 388. The summed E-state index contributed by atoms with van der Waals surface area (Å²) in [5.74, 6) is 0.619. The van der Waals surface area contributed by atoms with E-state index in [1.807, 2.05) is 17.0 Å². The molecule has 0 aliphatic carbocycles. The fraction of sp³-hybridized carbons (Fsp3) is 0.533. The Hall–Kier alpha value is -1.35. The molecule has 18 heavy (non-hydrogen) atoms. The van der Waals surface area contributed by atoms with Gasteiger partial charge in [-0.05, 0) is 30.4 Å². The van der Waals surface area contributed by atoms with Gasteiger partial charge >= 0.3 is 0 Å². The summed E-state index contributed by atoms with van der Waals surface area (Å²) in [6, 6.07) is 8.17. The summed E-state index contributed by atoms with van der Waals surface area (Å²) < 4.78 is 0. The predicted octanol–water partition coefficient (Wildman–Crippen LogP) is 2.33. The van der Waals surface area contributed by atoms with Crippen LogP contribution in [0.4, 0.5) is 0 Å². The maximum absolute atomic E-state index is 11.8. The van der Waals surface area contributed by atoms with Crippen LogP contribution in [0.25, 0.3) is 0 Å². The Morgan fingerprint density at radius 1 is 1.33 bits per heavy atom. The summed E-state index contributed by atoms with van der Waals surface area (Å²) in [5.41, 5.74) is 7.90. The lowest BCUT2D eigenvalue weighted by atomic mass is 10.1. The summed E-state index contributed by atoms with van der Waals surface area (Å²) >= 11 is 0. The maximum Gasteiger partial charge on any atom is 0.236 e. The van der Waals surface area contributed by atoms with Gasteiger partial charge in [-0.1, -0.05) is 38.1 Å². The lowest BCUT2D eigenvalue weighted by Crippen LogP contribution is -2.36. The van der Waals surface area contributed by atoms with Crippen LogP contribution in [-0.2, 0) is 11.3 Å². The first-order valence-corrected chi connectivity index (χ1v) is 6.57. The zero-order chi connectivity index (χ0) is 13.5. The fourth-order valence-corrected chi connectivity index (χ4v) is 1.83. The van der Waals surface area contributed by atoms with Crippen LogP contribution >= 0.6 is 0 Å². The molecule has 0 saturated heterocycles. The van der Waals surface area contributed by atoms with Crippen molar-refractivity contribution >= 4 is 5.91 Å². The molecule has 0 radical (unpaired) electrons. The zero-order valence-corrected chi connectivity index (χ0v) is 11.6. The molecule has 100 valence electrons. The topological polar surface area (TPSA) is 46.3 Å². The molecule has 0 aliphatic heterocycles.